The molecule has 0 heterocycles. The fourth-order valence-electron chi connectivity index (χ4n) is 3.86. The van der Waals surface area contributed by atoms with Crippen LogP contribution in [0.15, 0.2) is 11.6 Å². The molecule has 0 amide bonds. The number of fused-ring (bicyclic) bond motifs is 1. The lowest BCUT2D eigenvalue weighted by atomic mass is 9.66. The molecule has 96 valence electrons. The molecule has 17 heavy (non-hydrogen) atoms. The van der Waals surface area contributed by atoms with Crippen LogP contribution in [0.5, 0.6) is 0 Å². The lowest BCUT2D eigenvalue weighted by Crippen LogP contribution is -2.39. The highest BCUT2D eigenvalue weighted by molar-refractivity contribution is 5.66. The van der Waals surface area contributed by atoms with Crippen LogP contribution in [0.25, 0.3) is 0 Å². The first-order valence-corrected chi connectivity index (χ1v) is 6.51. The average molecular weight is 238 g/mol. The molecule has 0 aromatic rings. The van der Waals surface area contributed by atoms with E-state index in [1.807, 2.05) is 13.0 Å². The molecule has 2 fully saturated rings. The Morgan fingerprint density at radius 3 is 2.88 bits per heavy atom. The van der Waals surface area contributed by atoms with Crippen molar-refractivity contribution in [1.29, 1.82) is 0 Å². The number of carbonyl (C=O) groups excluding carboxylic acids is 1. The molecule has 0 aromatic heterocycles. The molecule has 0 aromatic carbocycles. The van der Waals surface area contributed by atoms with Gasteiger partial charge in [0, 0.05) is 12.8 Å². The summed E-state index contributed by atoms with van der Waals surface area (Å²) in [6.45, 7) is 5.66. The third-order valence-corrected chi connectivity index (χ3v) is 4.58. The minimum Gasteiger partial charge on any atom is -0.462 e. The smallest absolute Gasteiger partial charge is 0.302 e. The maximum absolute atomic E-state index is 11.1. The molecule has 0 bridgehead atoms. The van der Waals surface area contributed by atoms with Crippen molar-refractivity contribution in [3.8, 4) is 0 Å². The third kappa shape index (κ3) is 2.01. The fraction of sp³-hybridized carbons (Fsp3) is 0.786. The Hall–Kier alpha value is -0.830. The van der Waals surface area contributed by atoms with E-state index >= 15 is 0 Å². The predicted molar refractivity (Wildman–Crippen MR) is 65.4 cm³/mol. The number of hydrogen-bond acceptors (Lipinski definition) is 3. The zero-order valence-electron chi connectivity index (χ0n) is 10.9. The molecule has 0 radical (unpaired) electrons. The fourth-order valence-corrected chi connectivity index (χ4v) is 3.86. The lowest BCUT2D eigenvalue weighted by Gasteiger charge is -2.41. The van der Waals surface area contributed by atoms with Crippen LogP contribution in [0.3, 0.4) is 0 Å². The minimum atomic E-state index is -0.355. The minimum absolute atomic E-state index is 0.0154. The van der Waals surface area contributed by atoms with Crippen LogP contribution >= 0.6 is 0 Å². The van der Waals surface area contributed by atoms with Crippen molar-refractivity contribution >= 4 is 5.97 Å². The van der Waals surface area contributed by atoms with E-state index in [1.165, 1.54) is 6.92 Å². The Bertz CT molecular complexity index is 347. The highest BCUT2D eigenvalue weighted by Gasteiger charge is 2.52. The summed E-state index contributed by atoms with van der Waals surface area (Å²) >= 11 is 0. The maximum Gasteiger partial charge on any atom is 0.302 e. The summed E-state index contributed by atoms with van der Waals surface area (Å²) in [5.41, 5.74) is 1.16. The van der Waals surface area contributed by atoms with E-state index in [9.17, 15) is 9.90 Å². The van der Waals surface area contributed by atoms with Crippen LogP contribution in [-0.4, -0.2) is 23.3 Å². The molecule has 2 aliphatic carbocycles. The van der Waals surface area contributed by atoms with Gasteiger partial charge in [0.25, 0.3) is 0 Å². The van der Waals surface area contributed by atoms with E-state index in [4.69, 9.17) is 4.74 Å². The van der Waals surface area contributed by atoms with Crippen molar-refractivity contribution in [2.45, 2.75) is 58.7 Å². The number of aliphatic hydroxyl groups excluding tert-OH is 1. The van der Waals surface area contributed by atoms with E-state index in [0.717, 1.165) is 31.3 Å². The number of ether oxygens (including phenoxy) is 1. The molecule has 0 spiro atoms. The van der Waals surface area contributed by atoms with E-state index < -0.39 is 0 Å². The van der Waals surface area contributed by atoms with Crippen LogP contribution in [0.4, 0.5) is 0 Å². The average Bonchev–Trinajstić information content (AvgIpc) is 2.49. The van der Waals surface area contributed by atoms with E-state index in [0.29, 0.717) is 0 Å². The number of carbonyl (C=O) groups is 1. The van der Waals surface area contributed by atoms with Crippen molar-refractivity contribution in [2.75, 3.05) is 0 Å². The van der Waals surface area contributed by atoms with Crippen molar-refractivity contribution in [3.63, 3.8) is 0 Å². The Kier molecular flexibility index (Phi) is 3.30. The molecule has 0 saturated heterocycles. The normalized spacial score (nSPS) is 43.5. The Balaban J connectivity index is 2.26. The van der Waals surface area contributed by atoms with E-state index in [1.54, 1.807) is 0 Å². The summed E-state index contributed by atoms with van der Waals surface area (Å²) in [4.78, 5) is 11.1. The van der Waals surface area contributed by atoms with Crippen LogP contribution in [-0.2, 0) is 9.53 Å². The molecule has 0 unspecified atom stereocenters. The van der Waals surface area contributed by atoms with Gasteiger partial charge in [-0.05, 0) is 43.6 Å². The molecule has 2 aliphatic rings. The Labute approximate surface area is 103 Å². The quantitative estimate of drug-likeness (QED) is 0.564. The van der Waals surface area contributed by atoms with Gasteiger partial charge in [-0.2, -0.15) is 0 Å². The van der Waals surface area contributed by atoms with Gasteiger partial charge >= 0.3 is 5.97 Å². The van der Waals surface area contributed by atoms with Crippen molar-refractivity contribution in [1.82, 2.24) is 0 Å². The van der Waals surface area contributed by atoms with Crippen molar-refractivity contribution in [2.24, 2.45) is 11.3 Å². The lowest BCUT2D eigenvalue weighted by molar-refractivity contribution is -0.153. The molecule has 4 atom stereocenters. The zero-order chi connectivity index (χ0) is 12.6. The van der Waals surface area contributed by atoms with E-state index in [2.05, 4.69) is 6.92 Å². The van der Waals surface area contributed by atoms with Crippen LogP contribution in [0.2, 0.25) is 0 Å². The van der Waals surface area contributed by atoms with Crippen LogP contribution in [0.1, 0.15) is 46.5 Å². The second-order valence-electron chi connectivity index (χ2n) is 5.56. The topological polar surface area (TPSA) is 46.5 Å². The van der Waals surface area contributed by atoms with Gasteiger partial charge in [-0.3, -0.25) is 4.79 Å². The summed E-state index contributed by atoms with van der Waals surface area (Å²) in [5, 5.41) is 10.1. The second-order valence-corrected chi connectivity index (χ2v) is 5.56. The van der Waals surface area contributed by atoms with Gasteiger partial charge in [0.2, 0.25) is 0 Å². The van der Waals surface area contributed by atoms with Crippen molar-refractivity contribution < 1.29 is 14.6 Å². The Morgan fingerprint density at radius 2 is 2.29 bits per heavy atom. The summed E-state index contributed by atoms with van der Waals surface area (Å²) in [6.07, 6.45) is 5.49. The number of allylic oxidation sites excluding steroid dienone is 1. The van der Waals surface area contributed by atoms with Crippen LogP contribution < -0.4 is 0 Å². The Morgan fingerprint density at radius 1 is 1.59 bits per heavy atom. The van der Waals surface area contributed by atoms with Gasteiger partial charge < -0.3 is 9.84 Å². The number of esters is 1. The number of aliphatic hydroxyl groups is 1. The SMILES string of the molecule is C/C=C1/[C@@H](O)C[C@H]2[C@@H](OC(C)=O)CCC[C@@]12C. The molecular weight excluding hydrogens is 216 g/mol. The predicted octanol–water partition coefficient (Wildman–Crippen LogP) is 2.44. The van der Waals surface area contributed by atoms with Crippen molar-refractivity contribution in [3.05, 3.63) is 11.6 Å². The van der Waals surface area contributed by atoms with Gasteiger partial charge in [0.1, 0.15) is 6.10 Å². The number of hydrogen-bond donors (Lipinski definition) is 1. The van der Waals surface area contributed by atoms with Gasteiger partial charge in [-0.25, -0.2) is 0 Å². The summed E-state index contributed by atoms with van der Waals surface area (Å²) < 4.78 is 5.43. The van der Waals surface area contributed by atoms with Gasteiger partial charge in [0.05, 0.1) is 6.10 Å². The largest absolute Gasteiger partial charge is 0.462 e. The molecule has 3 nitrogen and oxygen atoms in total. The molecule has 2 rings (SSSR count). The number of rotatable bonds is 1. The zero-order valence-corrected chi connectivity index (χ0v) is 10.9. The molecule has 1 N–H and O–H groups in total. The summed E-state index contributed by atoms with van der Waals surface area (Å²) in [5.74, 6) is 0.0732. The summed E-state index contributed by atoms with van der Waals surface area (Å²) in [7, 11) is 0. The maximum atomic E-state index is 11.1. The first-order valence-electron chi connectivity index (χ1n) is 6.51. The molecular formula is C14H22O3. The third-order valence-electron chi connectivity index (χ3n) is 4.58. The first-order chi connectivity index (χ1) is 7.99. The second kappa shape index (κ2) is 4.45. The summed E-state index contributed by atoms with van der Waals surface area (Å²) in [6, 6.07) is 0. The monoisotopic (exact) mass is 238 g/mol. The molecule has 2 saturated carbocycles. The van der Waals surface area contributed by atoms with Gasteiger partial charge in [-0.1, -0.05) is 13.0 Å². The van der Waals surface area contributed by atoms with E-state index in [-0.39, 0.29) is 29.5 Å². The first kappa shape index (κ1) is 12.6. The standard InChI is InChI=1S/C14H22O3/c1-4-10-12(16)8-11-13(17-9(2)15)6-5-7-14(10,11)3/h4,11-13,16H,5-8H2,1-3H3/b10-4-/t11-,12-,13-,14-/m0/s1. The van der Waals surface area contributed by atoms with Crippen LogP contribution in [0, 0.1) is 11.3 Å². The molecule has 0 aliphatic heterocycles. The highest BCUT2D eigenvalue weighted by atomic mass is 16.5. The van der Waals surface area contributed by atoms with Gasteiger partial charge in [0.15, 0.2) is 0 Å². The molecule has 3 heteroatoms. The van der Waals surface area contributed by atoms with Gasteiger partial charge in [-0.15, -0.1) is 0 Å². The highest BCUT2D eigenvalue weighted by Crippen LogP contribution is 2.55.